The zero-order valence-corrected chi connectivity index (χ0v) is 20.8. The maximum Gasteiger partial charge on any atom is 0.257 e. The zero-order chi connectivity index (χ0) is 23.7. The van der Waals surface area contributed by atoms with Gasteiger partial charge in [-0.3, -0.25) is 9.59 Å². The standard InChI is InChI=1S/C28H33NO4S/c1-27-12-11-17(30)13-16(27)7-8-18-19-9-10-20(28(19,2)14-22(31)25(18)27)23(32)15-34-26-29-21-5-3-4-6-24(21)33-26/h3-6,13,18-20,22,25,31H,7-12,14-15H2,1-2H3/t18?,19?,20?,22-,25?,27?,28?/m0/s1. The Labute approximate surface area is 204 Å². The Morgan fingerprint density at radius 3 is 2.85 bits per heavy atom. The molecule has 1 heterocycles. The number of fused-ring (bicyclic) bond motifs is 6. The molecule has 0 saturated heterocycles. The van der Waals surface area contributed by atoms with Crippen molar-refractivity contribution < 1.29 is 19.1 Å². The largest absolute Gasteiger partial charge is 0.431 e. The number of para-hydroxylation sites is 2. The predicted octanol–water partition coefficient (Wildman–Crippen LogP) is 5.61. The molecule has 1 aromatic carbocycles. The highest BCUT2D eigenvalue weighted by molar-refractivity contribution is 7.99. The predicted molar refractivity (Wildman–Crippen MR) is 131 cm³/mol. The highest BCUT2D eigenvalue weighted by Gasteiger charge is 2.62. The number of rotatable bonds is 4. The van der Waals surface area contributed by atoms with E-state index in [1.165, 1.54) is 17.3 Å². The molecule has 2 aromatic rings. The van der Waals surface area contributed by atoms with E-state index in [1.54, 1.807) is 0 Å². The Morgan fingerprint density at radius 2 is 2.03 bits per heavy atom. The monoisotopic (exact) mass is 479 g/mol. The first-order chi connectivity index (χ1) is 16.3. The van der Waals surface area contributed by atoms with Crippen LogP contribution >= 0.6 is 11.8 Å². The maximum absolute atomic E-state index is 13.5. The lowest BCUT2D eigenvalue weighted by molar-refractivity contribution is -0.143. The first kappa shape index (κ1) is 22.5. The van der Waals surface area contributed by atoms with Gasteiger partial charge in [0, 0.05) is 12.3 Å². The van der Waals surface area contributed by atoms with E-state index < -0.39 is 6.10 Å². The average Bonchev–Trinajstić information content (AvgIpc) is 3.37. The molecule has 5 nitrogen and oxygen atoms in total. The quantitative estimate of drug-likeness (QED) is 0.574. The lowest BCUT2D eigenvalue weighted by atomic mass is 9.46. The number of benzene rings is 1. The molecular formula is C28H33NO4S. The summed E-state index contributed by atoms with van der Waals surface area (Å²) in [6.07, 6.45) is 7.51. The minimum atomic E-state index is -0.425. The van der Waals surface area contributed by atoms with Gasteiger partial charge in [0.25, 0.3) is 5.22 Å². The van der Waals surface area contributed by atoms with Crippen molar-refractivity contribution in [2.75, 3.05) is 5.75 Å². The number of oxazole rings is 1. The van der Waals surface area contributed by atoms with Crippen LogP contribution in [0.4, 0.5) is 0 Å². The van der Waals surface area contributed by atoms with E-state index in [4.69, 9.17) is 4.42 Å². The topological polar surface area (TPSA) is 80.4 Å². The van der Waals surface area contributed by atoms with Gasteiger partial charge in [-0.2, -0.15) is 0 Å². The summed E-state index contributed by atoms with van der Waals surface area (Å²) < 4.78 is 5.80. The number of aliphatic hydroxyl groups excluding tert-OH is 1. The summed E-state index contributed by atoms with van der Waals surface area (Å²) in [7, 11) is 0. The van der Waals surface area contributed by atoms with Crippen LogP contribution in [0, 0.1) is 34.5 Å². The summed E-state index contributed by atoms with van der Waals surface area (Å²) in [6.45, 7) is 4.54. The molecule has 0 aliphatic heterocycles. The van der Waals surface area contributed by atoms with Gasteiger partial charge in [0.2, 0.25) is 0 Å². The number of aliphatic hydroxyl groups is 1. The highest BCUT2D eigenvalue weighted by Crippen LogP contribution is 2.66. The molecule has 180 valence electrons. The lowest BCUT2D eigenvalue weighted by Crippen LogP contribution is -2.57. The van der Waals surface area contributed by atoms with Crippen LogP contribution in [0.25, 0.3) is 11.1 Å². The van der Waals surface area contributed by atoms with E-state index in [2.05, 4.69) is 18.8 Å². The lowest BCUT2D eigenvalue weighted by Gasteiger charge is -2.59. The molecule has 6 rings (SSSR count). The third-order valence-electron chi connectivity index (χ3n) is 9.89. The fourth-order valence-electron chi connectivity index (χ4n) is 8.36. The molecular weight excluding hydrogens is 446 g/mol. The Balaban J connectivity index is 1.20. The van der Waals surface area contributed by atoms with Crippen LogP contribution < -0.4 is 0 Å². The van der Waals surface area contributed by atoms with Gasteiger partial charge in [-0.25, -0.2) is 4.98 Å². The fourth-order valence-corrected chi connectivity index (χ4v) is 9.14. The minimum absolute atomic E-state index is 0.0253. The van der Waals surface area contributed by atoms with Crippen molar-refractivity contribution in [3.63, 3.8) is 0 Å². The van der Waals surface area contributed by atoms with Crippen LogP contribution in [-0.4, -0.2) is 33.5 Å². The van der Waals surface area contributed by atoms with Crippen LogP contribution in [-0.2, 0) is 9.59 Å². The van der Waals surface area contributed by atoms with Gasteiger partial charge in [-0.15, -0.1) is 0 Å². The minimum Gasteiger partial charge on any atom is -0.431 e. The maximum atomic E-state index is 13.5. The van der Waals surface area contributed by atoms with E-state index in [1.807, 2.05) is 30.3 Å². The molecule has 3 fully saturated rings. The van der Waals surface area contributed by atoms with Crippen molar-refractivity contribution in [2.24, 2.45) is 34.5 Å². The van der Waals surface area contributed by atoms with Crippen LogP contribution in [0.15, 0.2) is 45.6 Å². The Bertz CT molecular complexity index is 1150. The van der Waals surface area contributed by atoms with Crippen LogP contribution in [0.5, 0.6) is 0 Å². The summed E-state index contributed by atoms with van der Waals surface area (Å²) in [4.78, 5) is 30.1. The molecule has 3 saturated carbocycles. The van der Waals surface area contributed by atoms with Crippen LogP contribution in [0.3, 0.4) is 0 Å². The number of aromatic nitrogens is 1. The normalized spacial score (nSPS) is 39.3. The van der Waals surface area contributed by atoms with Gasteiger partial charge in [0.1, 0.15) is 11.3 Å². The van der Waals surface area contributed by atoms with Crippen molar-refractivity contribution in [3.05, 3.63) is 35.9 Å². The van der Waals surface area contributed by atoms with E-state index in [0.717, 1.165) is 43.2 Å². The Morgan fingerprint density at radius 1 is 1.21 bits per heavy atom. The van der Waals surface area contributed by atoms with Crippen molar-refractivity contribution in [2.45, 2.75) is 70.1 Å². The molecule has 1 N–H and O–H groups in total. The second-order valence-corrected chi connectivity index (χ2v) is 12.4. The number of nitrogens with zero attached hydrogens (tertiary/aromatic N) is 1. The fraction of sp³-hybridized carbons (Fsp3) is 0.607. The van der Waals surface area contributed by atoms with Crippen LogP contribution in [0.2, 0.25) is 0 Å². The van der Waals surface area contributed by atoms with Gasteiger partial charge < -0.3 is 9.52 Å². The molecule has 1 aromatic heterocycles. The second-order valence-electron chi connectivity index (χ2n) is 11.5. The van der Waals surface area contributed by atoms with E-state index in [0.29, 0.717) is 35.7 Å². The molecule has 7 atom stereocenters. The molecule has 4 aliphatic rings. The number of thioether (sulfide) groups is 1. The number of ketones is 2. The number of hydrogen-bond acceptors (Lipinski definition) is 6. The first-order valence-electron chi connectivity index (χ1n) is 12.7. The summed E-state index contributed by atoms with van der Waals surface area (Å²) >= 11 is 1.39. The van der Waals surface area contributed by atoms with Gasteiger partial charge in [0.05, 0.1) is 11.9 Å². The van der Waals surface area contributed by atoms with Gasteiger partial charge in [0.15, 0.2) is 11.4 Å². The Kier molecular flexibility index (Phi) is 5.34. The van der Waals surface area contributed by atoms with E-state index >= 15 is 0 Å². The number of Topliss-reactive ketones (excluding diaryl/α,β-unsaturated/α-hetero) is 1. The highest BCUT2D eigenvalue weighted by atomic mass is 32.2. The third-order valence-corrected chi connectivity index (χ3v) is 10.7. The number of hydrogen-bond donors (Lipinski definition) is 1. The zero-order valence-electron chi connectivity index (χ0n) is 20.0. The van der Waals surface area contributed by atoms with Crippen molar-refractivity contribution in [3.8, 4) is 0 Å². The van der Waals surface area contributed by atoms with Crippen molar-refractivity contribution in [1.29, 1.82) is 0 Å². The molecule has 0 spiro atoms. The first-order valence-corrected chi connectivity index (χ1v) is 13.7. The molecule has 6 heteroatoms. The summed E-state index contributed by atoms with van der Waals surface area (Å²) in [5, 5.41) is 12.1. The number of carbonyl (C=O) groups is 2. The third kappa shape index (κ3) is 3.35. The molecule has 4 aliphatic carbocycles. The molecule has 0 amide bonds. The average molecular weight is 480 g/mol. The Hall–Kier alpha value is -1.92. The van der Waals surface area contributed by atoms with E-state index in [-0.39, 0.29) is 34.2 Å². The molecule has 6 unspecified atom stereocenters. The summed E-state index contributed by atoms with van der Waals surface area (Å²) in [5.41, 5.74) is 2.57. The van der Waals surface area contributed by atoms with Gasteiger partial charge in [-0.05, 0) is 85.3 Å². The van der Waals surface area contributed by atoms with Gasteiger partial charge >= 0.3 is 0 Å². The molecule has 0 radical (unpaired) electrons. The second kappa shape index (κ2) is 8.06. The van der Waals surface area contributed by atoms with Crippen molar-refractivity contribution >= 4 is 34.4 Å². The van der Waals surface area contributed by atoms with Gasteiger partial charge in [-0.1, -0.05) is 43.3 Å². The SMILES string of the molecule is CC12CCC(=O)C=C1CCC1C2[C@@H](O)CC2(C)C(C(=O)CSc3nc4ccccc4o3)CCC12. The molecule has 0 bridgehead atoms. The van der Waals surface area contributed by atoms with E-state index in [9.17, 15) is 14.7 Å². The molecule has 34 heavy (non-hydrogen) atoms. The van der Waals surface area contributed by atoms with Crippen molar-refractivity contribution in [1.82, 2.24) is 4.98 Å². The smallest absolute Gasteiger partial charge is 0.257 e. The summed E-state index contributed by atoms with van der Waals surface area (Å²) in [6, 6.07) is 7.66. The summed E-state index contributed by atoms with van der Waals surface area (Å²) in [5.74, 6) is 1.91. The number of allylic oxidation sites excluding steroid dienone is 1. The number of carbonyl (C=O) groups excluding carboxylic acids is 2. The van der Waals surface area contributed by atoms with Crippen LogP contribution in [0.1, 0.15) is 58.8 Å².